The highest BCUT2D eigenvalue weighted by Crippen LogP contribution is 2.22. The molecular weight excluding hydrogens is 158 g/mol. The molecule has 0 saturated heterocycles. The van der Waals surface area contributed by atoms with E-state index in [-0.39, 0.29) is 0 Å². The molecule has 1 nitrogen and oxygen atoms in total. The minimum atomic E-state index is 0.526. The molecule has 13 heavy (non-hydrogen) atoms. The number of rotatable bonds is 3. The van der Waals surface area contributed by atoms with Gasteiger partial charge in [0.15, 0.2) is 0 Å². The van der Waals surface area contributed by atoms with Crippen LogP contribution in [0.2, 0.25) is 0 Å². The van der Waals surface area contributed by atoms with Gasteiger partial charge in [-0.2, -0.15) is 0 Å². The van der Waals surface area contributed by atoms with Crippen molar-refractivity contribution >= 4 is 6.08 Å². The highest BCUT2D eigenvalue weighted by atomic mass is 14.5. The summed E-state index contributed by atoms with van der Waals surface area (Å²) in [7, 11) is 0. The highest BCUT2D eigenvalue weighted by molar-refractivity contribution is 5.54. The van der Waals surface area contributed by atoms with Gasteiger partial charge < -0.3 is 5.73 Å². The average Bonchev–Trinajstić information content (AvgIpc) is 2.16. The molecule has 70 valence electrons. The largest absolute Gasteiger partial charge is 0.326 e. The van der Waals surface area contributed by atoms with Gasteiger partial charge in [-0.15, -0.1) is 0 Å². The van der Waals surface area contributed by atoms with Crippen molar-refractivity contribution in [3.63, 3.8) is 0 Å². The molecule has 0 unspecified atom stereocenters. The summed E-state index contributed by atoms with van der Waals surface area (Å²) in [4.78, 5) is 0. The maximum atomic E-state index is 5.72. The molecule has 0 bridgehead atoms. The molecule has 0 heterocycles. The lowest BCUT2D eigenvalue weighted by atomic mass is 9.93. The fourth-order valence-electron chi connectivity index (χ4n) is 1.59. The van der Waals surface area contributed by atoms with Crippen molar-refractivity contribution < 1.29 is 0 Å². The van der Waals surface area contributed by atoms with Crippen LogP contribution < -0.4 is 5.73 Å². The second-order valence-electron chi connectivity index (χ2n) is 3.48. The van der Waals surface area contributed by atoms with E-state index >= 15 is 0 Å². The summed E-state index contributed by atoms with van der Waals surface area (Å²) < 4.78 is 0. The Bertz CT molecular complexity index is 300. The van der Waals surface area contributed by atoms with Crippen molar-refractivity contribution in [2.24, 2.45) is 5.73 Å². The van der Waals surface area contributed by atoms with Gasteiger partial charge in [-0.1, -0.05) is 44.7 Å². The van der Waals surface area contributed by atoms with Crippen LogP contribution in [0.15, 0.2) is 24.8 Å². The third-order valence-electron chi connectivity index (χ3n) is 2.29. The Morgan fingerprint density at radius 2 is 2.15 bits per heavy atom. The quantitative estimate of drug-likeness (QED) is 0.751. The predicted octanol–water partition coefficient (Wildman–Crippen LogP) is 2.91. The Labute approximate surface area is 80.3 Å². The smallest absolute Gasteiger partial charge is 0.0186 e. The molecule has 1 aromatic carbocycles. The number of hydrogen-bond acceptors (Lipinski definition) is 1. The van der Waals surface area contributed by atoms with Crippen molar-refractivity contribution in [1.82, 2.24) is 0 Å². The van der Waals surface area contributed by atoms with E-state index in [9.17, 15) is 0 Å². The first-order valence-electron chi connectivity index (χ1n) is 4.65. The third kappa shape index (κ3) is 1.99. The second-order valence-corrected chi connectivity index (χ2v) is 3.48. The third-order valence-corrected chi connectivity index (χ3v) is 2.29. The summed E-state index contributed by atoms with van der Waals surface area (Å²) in [6, 6.07) is 6.26. The topological polar surface area (TPSA) is 26.0 Å². The molecule has 0 fully saturated rings. The molecule has 0 radical (unpaired) electrons. The molecule has 1 aromatic rings. The number of hydrogen-bond donors (Lipinski definition) is 1. The van der Waals surface area contributed by atoms with Gasteiger partial charge in [0.2, 0.25) is 0 Å². The molecule has 0 aromatic heterocycles. The Morgan fingerprint density at radius 1 is 1.46 bits per heavy atom. The zero-order chi connectivity index (χ0) is 9.84. The summed E-state index contributed by atoms with van der Waals surface area (Å²) >= 11 is 0. The van der Waals surface area contributed by atoms with E-state index in [4.69, 9.17) is 5.73 Å². The Kier molecular flexibility index (Phi) is 3.26. The Balaban J connectivity index is 3.26. The summed E-state index contributed by atoms with van der Waals surface area (Å²) in [5, 5.41) is 0. The molecule has 0 atom stereocenters. The van der Waals surface area contributed by atoms with E-state index in [1.807, 2.05) is 6.08 Å². The summed E-state index contributed by atoms with van der Waals surface area (Å²) in [6.07, 6.45) is 1.87. The lowest BCUT2D eigenvalue weighted by Crippen LogP contribution is -2.05. The van der Waals surface area contributed by atoms with Crippen LogP contribution in [-0.4, -0.2) is 0 Å². The molecule has 1 heteroatoms. The van der Waals surface area contributed by atoms with Crippen molar-refractivity contribution in [3.05, 3.63) is 41.5 Å². The van der Waals surface area contributed by atoms with Gasteiger partial charge in [0, 0.05) is 6.54 Å². The summed E-state index contributed by atoms with van der Waals surface area (Å²) in [5.41, 5.74) is 9.44. The standard InChI is InChI=1S/C12H17N/c1-4-10-6-5-7-11(9(2)3)12(10)8-13/h4-7,9H,1,8,13H2,2-3H3. The predicted molar refractivity (Wildman–Crippen MR) is 58.5 cm³/mol. The molecule has 0 saturated carbocycles. The van der Waals surface area contributed by atoms with Gasteiger partial charge in [0.05, 0.1) is 0 Å². The van der Waals surface area contributed by atoms with E-state index in [1.54, 1.807) is 0 Å². The van der Waals surface area contributed by atoms with Crippen LogP contribution >= 0.6 is 0 Å². The Morgan fingerprint density at radius 3 is 2.62 bits per heavy atom. The van der Waals surface area contributed by atoms with Crippen LogP contribution in [0.25, 0.3) is 6.08 Å². The van der Waals surface area contributed by atoms with Gasteiger partial charge in [-0.05, 0) is 22.6 Å². The fraction of sp³-hybridized carbons (Fsp3) is 0.333. The van der Waals surface area contributed by atoms with Gasteiger partial charge >= 0.3 is 0 Å². The van der Waals surface area contributed by atoms with Gasteiger partial charge in [-0.3, -0.25) is 0 Å². The number of nitrogens with two attached hydrogens (primary N) is 1. The zero-order valence-corrected chi connectivity index (χ0v) is 8.38. The second kappa shape index (κ2) is 4.24. The van der Waals surface area contributed by atoms with Gasteiger partial charge in [0.25, 0.3) is 0 Å². The lowest BCUT2D eigenvalue weighted by Gasteiger charge is -2.13. The van der Waals surface area contributed by atoms with Crippen molar-refractivity contribution in [1.29, 1.82) is 0 Å². The molecule has 0 amide bonds. The van der Waals surface area contributed by atoms with Crippen LogP contribution in [0.1, 0.15) is 36.5 Å². The van der Waals surface area contributed by atoms with E-state index in [0.29, 0.717) is 12.5 Å². The normalized spacial score (nSPS) is 10.5. The van der Waals surface area contributed by atoms with Crippen LogP contribution in [0.5, 0.6) is 0 Å². The average molecular weight is 175 g/mol. The molecule has 0 spiro atoms. The van der Waals surface area contributed by atoms with E-state index in [0.717, 1.165) is 5.56 Å². The summed E-state index contributed by atoms with van der Waals surface area (Å²) in [6.45, 7) is 8.74. The van der Waals surface area contributed by atoms with E-state index in [2.05, 4.69) is 38.6 Å². The molecule has 1 rings (SSSR count). The first kappa shape index (κ1) is 10.0. The fourth-order valence-corrected chi connectivity index (χ4v) is 1.59. The first-order valence-corrected chi connectivity index (χ1v) is 4.65. The van der Waals surface area contributed by atoms with Gasteiger partial charge in [-0.25, -0.2) is 0 Å². The maximum Gasteiger partial charge on any atom is 0.0186 e. The minimum absolute atomic E-state index is 0.526. The molecule has 2 N–H and O–H groups in total. The van der Waals surface area contributed by atoms with Crippen LogP contribution in [-0.2, 0) is 6.54 Å². The van der Waals surface area contributed by atoms with Crippen molar-refractivity contribution in [2.75, 3.05) is 0 Å². The zero-order valence-electron chi connectivity index (χ0n) is 8.38. The summed E-state index contributed by atoms with van der Waals surface area (Å²) in [5.74, 6) is 0.526. The SMILES string of the molecule is C=Cc1cccc(C(C)C)c1CN. The lowest BCUT2D eigenvalue weighted by molar-refractivity contribution is 0.838. The van der Waals surface area contributed by atoms with Crippen LogP contribution in [0.4, 0.5) is 0 Å². The van der Waals surface area contributed by atoms with Crippen molar-refractivity contribution in [2.45, 2.75) is 26.3 Å². The Hall–Kier alpha value is -1.08. The molecular formula is C12H17N. The highest BCUT2D eigenvalue weighted by Gasteiger charge is 2.07. The van der Waals surface area contributed by atoms with Gasteiger partial charge in [0.1, 0.15) is 0 Å². The molecule has 0 aliphatic heterocycles. The van der Waals surface area contributed by atoms with E-state index < -0.39 is 0 Å². The maximum absolute atomic E-state index is 5.72. The number of benzene rings is 1. The molecule has 0 aliphatic rings. The van der Waals surface area contributed by atoms with Crippen LogP contribution in [0, 0.1) is 0 Å². The van der Waals surface area contributed by atoms with E-state index in [1.165, 1.54) is 11.1 Å². The molecule has 0 aliphatic carbocycles. The first-order chi connectivity index (χ1) is 6.20. The minimum Gasteiger partial charge on any atom is -0.326 e. The monoisotopic (exact) mass is 175 g/mol. The van der Waals surface area contributed by atoms with Crippen LogP contribution in [0.3, 0.4) is 0 Å². The van der Waals surface area contributed by atoms with Crippen molar-refractivity contribution in [3.8, 4) is 0 Å².